The van der Waals surface area contributed by atoms with Crippen molar-refractivity contribution >= 4 is 0 Å². The van der Waals surface area contributed by atoms with Crippen molar-refractivity contribution in [2.45, 2.75) is 57.8 Å². The quantitative estimate of drug-likeness (QED) is 0.324. The molecule has 4 aromatic rings. The molecular weight excluding hydrogens is 400 g/mol. The first-order chi connectivity index (χ1) is 15.9. The summed E-state index contributed by atoms with van der Waals surface area (Å²) in [7, 11) is 0. The van der Waals surface area contributed by atoms with Crippen LogP contribution in [0.15, 0.2) is 85.5 Å². The minimum absolute atomic E-state index is 0.0467. The molecular formula is C31H32N2. The minimum Gasteiger partial charge on any atom is -0.264 e. The van der Waals surface area contributed by atoms with Gasteiger partial charge in [-0.3, -0.25) is 9.97 Å². The average Bonchev–Trinajstić information content (AvgIpc) is 3.10. The van der Waals surface area contributed by atoms with Gasteiger partial charge in [0, 0.05) is 41.5 Å². The predicted molar refractivity (Wildman–Crippen MR) is 137 cm³/mol. The van der Waals surface area contributed by atoms with Gasteiger partial charge in [0.05, 0.1) is 0 Å². The zero-order chi connectivity index (χ0) is 23.2. The van der Waals surface area contributed by atoms with E-state index < -0.39 is 0 Å². The first-order valence-corrected chi connectivity index (χ1v) is 12.0. The fourth-order valence-corrected chi connectivity index (χ4v) is 5.46. The highest BCUT2D eigenvalue weighted by Gasteiger charge is 2.38. The highest BCUT2D eigenvalue weighted by Crippen LogP contribution is 2.51. The molecule has 0 fully saturated rings. The molecule has 0 saturated heterocycles. The molecule has 166 valence electrons. The zero-order valence-corrected chi connectivity index (χ0v) is 20.3. The number of nitrogens with zero attached hydrogens (tertiary/aromatic N) is 2. The Morgan fingerprint density at radius 3 is 2.09 bits per heavy atom. The Labute approximate surface area is 197 Å². The van der Waals surface area contributed by atoms with Crippen molar-refractivity contribution in [2.75, 3.05) is 0 Å². The van der Waals surface area contributed by atoms with Gasteiger partial charge in [0.15, 0.2) is 0 Å². The fraction of sp³-hybridized carbons (Fsp3) is 0.290. The fourth-order valence-electron chi connectivity index (χ4n) is 5.46. The molecule has 1 aliphatic rings. The molecule has 2 aromatic carbocycles. The van der Waals surface area contributed by atoms with Gasteiger partial charge in [-0.2, -0.15) is 0 Å². The van der Waals surface area contributed by atoms with Crippen molar-refractivity contribution in [3.63, 3.8) is 0 Å². The lowest BCUT2D eigenvalue weighted by molar-refractivity contribution is 0.545. The summed E-state index contributed by atoms with van der Waals surface area (Å²) in [4.78, 5) is 8.73. The van der Waals surface area contributed by atoms with Gasteiger partial charge in [-0.15, -0.1) is 0 Å². The zero-order valence-electron chi connectivity index (χ0n) is 20.3. The summed E-state index contributed by atoms with van der Waals surface area (Å²) in [5.41, 5.74) is 10.7. The Bertz CT molecular complexity index is 1290. The van der Waals surface area contributed by atoms with Crippen molar-refractivity contribution in [1.29, 1.82) is 0 Å². The maximum Gasteiger partial charge on any atom is 0.0308 e. The third-order valence-corrected chi connectivity index (χ3v) is 8.03. The van der Waals surface area contributed by atoms with Gasteiger partial charge in [0.25, 0.3) is 0 Å². The van der Waals surface area contributed by atoms with Crippen LogP contribution in [0.3, 0.4) is 0 Å². The molecule has 1 aliphatic carbocycles. The normalized spacial score (nSPS) is 16.5. The molecule has 2 aromatic heterocycles. The van der Waals surface area contributed by atoms with Gasteiger partial charge in [0.2, 0.25) is 0 Å². The molecule has 2 atom stereocenters. The van der Waals surface area contributed by atoms with Crippen molar-refractivity contribution in [1.82, 2.24) is 9.97 Å². The average molecular weight is 433 g/mol. The first-order valence-electron chi connectivity index (χ1n) is 12.0. The smallest absolute Gasteiger partial charge is 0.0308 e. The molecule has 0 bridgehead atoms. The standard InChI is InChI=1S/C31H32N2/c1-6-31(5,25-10-8-16-33-20-25)24-12-14-27-26-13-11-22(21(2)23-9-7-15-32-19-23)17-28(26)30(3,4)29(27)18-24/h7-21H,6H2,1-5H3. The Balaban J connectivity index is 1.58. The topological polar surface area (TPSA) is 25.8 Å². The van der Waals surface area contributed by atoms with E-state index in [-0.39, 0.29) is 10.8 Å². The van der Waals surface area contributed by atoms with Crippen LogP contribution in [0.1, 0.15) is 80.3 Å². The Morgan fingerprint density at radius 1 is 0.788 bits per heavy atom. The van der Waals surface area contributed by atoms with E-state index in [2.05, 4.69) is 93.1 Å². The van der Waals surface area contributed by atoms with E-state index in [4.69, 9.17) is 0 Å². The molecule has 2 unspecified atom stereocenters. The number of hydrogen-bond donors (Lipinski definition) is 0. The maximum atomic E-state index is 4.40. The third-order valence-electron chi connectivity index (χ3n) is 8.03. The summed E-state index contributed by atoms with van der Waals surface area (Å²) in [6.45, 7) is 11.6. The summed E-state index contributed by atoms with van der Waals surface area (Å²) in [5.74, 6) is 0.313. The predicted octanol–water partition coefficient (Wildman–Crippen LogP) is 7.65. The second-order valence-electron chi connectivity index (χ2n) is 10.1. The van der Waals surface area contributed by atoms with Crippen molar-refractivity contribution in [3.05, 3.63) is 119 Å². The SMILES string of the molecule is CCC(C)(c1cccnc1)c1ccc2c(c1)C(C)(C)c1cc(C(C)c3cccnc3)ccc1-2. The number of fused-ring (bicyclic) bond motifs is 3. The molecule has 33 heavy (non-hydrogen) atoms. The van der Waals surface area contributed by atoms with Crippen LogP contribution in [0.5, 0.6) is 0 Å². The van der Waals surface area contributed by atoms with Gasteiger partial charge >= 0.3 is 0 Å². The molecule has 2 nitrogen and oxygen atoms in total. The van der Waals surface area contributed by atoms with E-state index >= 15 is 0 Å². The van der Waals surface area contributed by atoms with Gasteiger partial charge < -0.3 is 0 Å². The molecule has 0 N–H and O–H groups in total. The summed E-state index contributed by atoms with van der Waals surface area (Å²) < 4.78 is 0. The molecule has 5 rings (SSSR count). The second kappa shape index (κ2) is 7.95. The highest BCUT2D eigenvalue weighted by molar-refractivity contribution is 5.81. The minimum atomic E-state index is -0.0614. The van der Waals surface area contributed by atoms with E-state index in [1.165, 1.54) is 44.5 Å². The van der Waals surface area contributed by atoms with Crippen LogP contribution < -0.4 is 0 Å². The maximum absolute atomic E-state index is 4.40. The molecule has 0 spiro atoms. The number of hydrogen-bond acceptors (Lipinski definition) is 2. The molecule has 2 heteroatoms. The van der Waals surface area contributed by atoms with E-state index in [0.717, 1.165) is 6.42 Å². The number of pyridine rings is 2. The Kier molecular flexibility index (Phi) is 5.20. The van der Waals surface area contributed by atoms with E-state index in [9.17, 15) is 0 Å². The van der Waals surface area contributed by atoms with Crippen LogP contribution in [0, 0.1) is 0 Å². The third kappa shape index (κ3) is 3.40. The van der Waals surface area contributed by atoms with E-state index in [1.807, 2.05) is 36.9 Å². The summed E-state index contributed by atoms with van der Waals surface area (Å²) in [6.07, 6.45) is 8.71. The Hall–Kier alpha value is -3.26. The van der Waals surface area contributed by atoms with Crippen LogP contribution in [0.4, 0.5) is 0 Å². The van der Waals surface area contributed by atoms with Crippen LogP contribution in [-0.4, -0.2) is 9.97 Å². The lowest BCUT2D eigenvalue weighted by Gasteiger charge is -2.31. The highest BCUT2D eigenvalue weighted by atomic mass is 14.6. The van der Waals surface area contributed by atoms with Crippen LogP contribution in [0.25, 0.3) is 11.1 Å². The molecule has 0 aliphatic heterocycles. The van der Waals surface area contributed by atoms with Crippen molar-refractivity contribution in [2.24, 2.45) is 0 Å². The van der Waals surface area contributed by atoms with Gasteiger partial charge in [-0.25, -0.2) is 0 Å². The van der Waals surface area contributed by atoms with Crippen molar-refractivity contribution in [3.8, 4) is 11.1 Å². The lowest BCUT2D eigenvalue weighted by Crippen LogP contribution is -2.24. The largest absolute Gasteiger partial charge is 0.264 e. The second-order valence-corrected chi connectivity index (χ2v) is 10.1. The monoisotopic (exact) mass is 432 g/mol. The molecule has 0 amide bonds. The first kappa shape index (κ1) is 21.6. The van der Waals surface area contributed by atoms with Gasteiger partial charge in [0.1, 0.15) is 0 Å². The summed E-state index contributed by atoms with van der Waals surface area (Å²) in [6, 6.07) is 22.6. The van der Waals surface area contributed by atoms with Gasteiger partial charge in [-0.1, -0.05) is 83.1 Å². The lowest BCUT2D eigenvalue weighted by atomic mass is 9.72. The van der Waals surface area contributed by atoms with Gasteiger partial charge in [-0.05, 0) is 63.1 Å². The Morgan fingerprint density at radius 2 is 1.45 bits per heavy atom. The van der Waals surface area contributed by atoms with Crippen LogP contribution >= 0.6 is 0 Å². The number of aromatic nitrogens is 2. The van der Waals surface area contributed by atoms with Crippen LogP contribution in [-0.2, 0) is 10.8 Å². The molecule has 0 saturated carbocycles. The van der Waals surface area contributed by atoms with E-state index in [1.54, 1.807) is 0 Å². The molecule has 2 heterocycles. The number of rotatable bonds is 5. The van der Waals surface area contributed by atoms with E-state index in [0.29, 0.717) is 5.92 Å². The molecule has 0 radical (unpaired) electrons. The number of benzene rings is 2. The summed E-state index contributed by atoms with van der Waals surface area (Å²) >= 11 is 0. The van der Waals surface area contributed by atoms with Crippen LogP contribution in [0.2, 0.25) is 0 Å². The summed E-state index contributed by atoms with van der Waals surface area (Å²) in [5, 5.41) is 0. The van der Waals surface area contributed by atoms with Crippen molar-refractivity contribution < 1.29 is 0 Å².